The van der Waals surface area contributed by atoms with Crippen LogP contribution in [-0.2, 0) is 11.2 Å². The molecule has 1 atom stereocenters. The number of carboxylic acids is 1. The zero-order chi connectivity index (χ0) is 16.8. The lowest BCUT2D eigenvalue weighted by molar-refractivity contribution is -0.139. The number of nitrogens with zero attached hydrogens (tertiary/aromatic N) is 1. The molecule has 0 saturated carbocycles. The van der Waals surface area contributed by atoms with Gasteiger partial charge in [-0.15, -0.1) is 0 Å². The molecule has 2 aromatic rings. The average molecular weight is 310 g/mol. The van der Waals surface area contributed by atoms with Gasteiger partial charge in [-0.05, 0) is 42.0 Å². The molecule has 0 saturated heterocycles. The summed E-state index contributed by atoms with van der Waals surface area (Å²) in [6, 6.07) is 12.9. The Balaban J connectivity index is 2.09. The minimum atomic E-state index is -1.15. The number of phenolic OH excluding ortho intramolecular Hbond substituents is 1. The van der Waals surface area contributed by atoms with Gasteiger partial charge in [-0.25, -0.2) is 4.79 Å². The highest BCUT2D eigenvalue weighted by Crippen LogP contribution is 2.12. The number of aromatic hydroxyl groups is 1. The summed E-state index contributed by atoms with van der Waals surface area (Å²) in [6.45, 7) is 0. The monoisotopic (exact) mass is 310 g/mol. The van der Waals surface area contributed by atoms with Crippen molar-refractivity contribution in [2.75, 3.05) is 0 Å². The lowest BCUT2D eigenvalue weighted by Gasteiger charge is -2.15. The van der Waals surface area contributed by atoms with Gasteiger partial charge in [0, 0.05) is 12.0 Å². The van der Waals surface area contributed by atoms with E-state index in [4.69, 9.17) is 5.26 Å². The third-order valence-electron chi connectivity index (χ3n) is 3.26. The standard InChI is InChI=1S/C17H14N2O4/c18-10-12-1-5-13(6-2-12)16(21)19-15(17(22)23)9-11-3-7-14(20)8-4-11/h1-8,15,20H,9H2,(H,19,21)(H,22,23). The highest BCUT2D eigenvalue weighted by molar-refractivity contribution is 5.96. The van der Waals surface area contributed by atoms with E-state index in [-0.39, 0.29) is 17.7 Å². The number of rotatable bonds is 5. The van der Waals surface area contributed by atoms with E-state index in [1.165, 1.54) is 36.4 Å². The molecule has 23 heavy (non-hydrogen) atoms. The van der Waals surface area contributed by atoms with Crippen molar-refractivity contribution in [2.24, 2.45) is 0 Å². The van der Waals surface area contributed by atoms with Crippen molar-refractivity contribution in [3.05, 3.63) is 65.2 Å². The summed E-state index contributed by atoms with van der Waals surface area (Å²) < 4.78 is 0. The van der Waals surface area contributed by atoms with Gasteiger partial charge in [0.15, 0.2) is 0 Å². The molecule has 6 heteroatoms. The molecule has 0 bridgehead atoms. The fourth-order valence-electron chi connectivity index (χ4n) is 2.01. The van der Waals surface area contributed by atoms with E-state index in [0.717, 1.165) is 0 Å². The Morgan fingerprint density at radius 1 is 1.09 bits per heavy atom. The maximum atomic E-state index is 12.1. The Bertz CT molecular complexity index is 746. The topological polar surface area (TPSA) is 110 Å². The van der Waals surface area contributed by atoms with Crippen molar-refractivity contribution in [3.8, 4) is 11.8 Å². The Morgan fingerprint density at radius 3 is 2.22 bits per heavy atom. The number of carboxylic acid groups (broad SMARTS) is 1. The van der Waals surface area contributed by atoms with E-state index >= 15 is 0 Å². The van der Waals surface area contributed by atoms with Crippen LogP contribution in [0, 0.1) is 11.3 Å². The number of carbonyl (C=O) groups is 2. The largest absolute Gasteiger partial charge is 0.508 e. The third-order valence-corrected chi connectivity index (χ3v) is 3.26. The van der Waals surface area contributed by atoms with E-state index in [1.807, 2.05) is 6.07 Å². The van der Waals surface area contributed by atoms with Gasteiger partial charge in [-0.2, -0.15) is 5.26 Å². The molecule has 2 rings (SSSR count). The van der Waals surface area contributed by atoms with Crippen molar-refractivity contribution < 1.29 is 19.8 Å². The summed E-state index contributed by atoms with van der Waals surface area (Å²) >= 11 is 0. The van der Waals surface area contributed by atoms with Crippen molar-refractivity contribution in [3.63, 3.8) is 0 Å². The quantitative estimate of drug-likeness (QED) is 0.778. The number of aliphatic carboxylic acids is 1. The number of phenols is 1. The number of amides is 1. The van der Waals surface area contributed by atoms with Gasteiger partial charge in [-0.1, -0.05) is 12.1 Å². The lowest BCUT2D eigenvalue weighted by atomic mass is 10.0. The minimum Gasteiger partial charge on any atom is -0.508 e. The fourth-order valence-corrected chi connectivity index (χ4v) is 2.01. The van der Waals surface area contributed by atoms with Gasteiger partial charge in [0.1, 0.15) is 11.8 Å². The molecule has 0 aliphatic rings. The van der Waals surface area contributed by atoms with Crippen LogP contribution in [0.4, 0.5) is 0 Å². The van der Waals surface area contributed by atoms with Crippen LogP contribution < -0.4 is 5.32 Å². The predicted molar refractivity (Wildman–Crippen MR) is 81.9 cm³/mol. The molecule has 0 aliphatic heterocycles. The molecular formula is C17H14N2O4. The third kappa shape index (κ3) is 4.32. The van der Waals surface area contributed by atoms with Crippen LogP contribution in [0.1, 0.15) is 21.5 Å². The normalized spacial score (nSPS) is 11.3. The van der Waals surface area contributed by atoms with E-state index in [9.17, 15) is 19.8 Å². The number of nitriles is 1. The average Bonchev–Trinajstić information content (AvgIpc) is 2.56. The van der Waals surface area contributed by atoms with E-state index < -0.39 is 17.9 Å². The first-order valence-corrected chi connectivity index (χ1v) is 6.81. The summed E-state index contributed by atoms with van der Waals surface area (Å²) in [5.41, 5.74) is 1.37. The first-order valence-electron chi connectivity index (χ1n) is 6.81. The van der Waals surface area contributed by atoms with Gasteiger partial charge in [-0.3, -0.25) is 4.79 Å². The van der Waals surface area contributed by atoms with Crippen LogP contribution >= 0.6 is 0 Å². The van der Waals surface area contributed by atoms with Crippen LogP contribution in [0.15, 0.2) is 48.5 Å². The summed E-state index contributed by atoms with van der Waals surface area (Å²) in [6.07, 6.45) is 0.0949. The molecule has 0 radical (unpaired) electrons. The second-order valence-electron chi connectivity index (χ2n) is 4.92. The maximum Gasteiger partial charge on any atom is 0.326 e. The molecule has 0 aliphatic carbocycles. The van der Waals surface area contributed by atoms with Gasteiger partial charge in [0.2, 0.25) is 0 Å². The first-order chi connectivity index (χ1) is 11.0. The van der Waals surface area contributed by atoms with Crippen molar-refractivity contribution >= 4 is 11.9 Å². The molecule has 1 unspecified atom stereocenters. The highest BCUT2D eigenvalue weighted by atomic mass is 16.4. The Labute approximate surface area is 132 Å². The van der Waals surface area contributed by atoms with E-state index in [2.05, 4.69) is 5.32 Å². The molecule has 3 N–H and O–H groups in total. The Kier molecular flexibility index (Phi) is 4.95. The molecule has 116 valence electrons. The summed E-state index contributed by atoms with van der Waals surface area (Å²) in [5.74, 6) is -1.59. The minimum absolute atomic E-state index is 0.0854. The summed E-state index contributed by atoms with van der Waals surface area (Å²) in [7, 11) is 0. The van der Waals surface area contributed by atoms with Gasteiger partial charge in [0.05, 0.1) is 11.6 Å². The Hall–Kier alpha value is -3.33. The van der Waals surface area contributed by atoms with Crippen molar-refractivity contribution in [2.45, 2.75) is 12.5 Å². The number of benzene rings is 2. The predicted octanol–water partition coefficient (Wildman–Crippen LogP) is 1.69. The SMILES string of the molecule is N#Cc1ccc(C(=O)NC(Cc2ccc(O)cc2)C(=O)O)cc1. The fraction of sp³-hybridized carbons (Fsp3) is 0.118. The van der Waals surface area contributed by atoms with Gasteiger partial charge >= 0.3 is 5.97 Å². The molecule has 0 spiro atoms. The van der Waals surface area contributed by atoms with Crippen LogP contribution in [0.2, 0.25) is 0 Å². The molecule has 1 amide bonds. The number of hydrogen-bond donors (Lipinski definition) is 3. The molecular weight excluding hydrogens is 296 g/mol. The molecule has 6 nitrogen and oxygen atoms in total. The highest BCUT2D eigenvalue weighted by Gasteiger charge is 2.21. The van der Waals surface area contributed by atoms with Crippen molar-refractivity contribution in [1.82, 2.24) is 5.32 Å². The summed E-state index contributed by atoms with van der Waals surface area (Å²) in [5, 5.41) is 29.7. The molecule has 0 heterocycles. The van der Waals surface area contributed by atoms with Crippen LogP contribution in [0.5, 0.6) is 5.75 Å². The zero-order valence-corrected chi connectivity index (χ0v) is 12.1. The van der Waals surface area contributed by atoms with Crippen LogP contribution in [0.25, 0.3) is 0 Å². The molecule has 2 aromatic carbocycles. The zero-order valence-electron chi connectivity index (χ0n) is 12.1. The van der Waals surface area contributed by atoms with Gasteiger partial charge in [0.25, 0.3) is 5.91 Å². The second kappa shape index (κ2) is 7.09. The maximum absolute atomic E-state index is 12.1. The summed E-state index contributed by atoms with van der Waals surface area (Å²) in [4.78, 5) is 23.4. The number of nitrogens with one attached hydrogen (secondary N) is 1. The lowest BCUT2D eigenvalue weighted by Crippen LogP contribution is -2.42. The molecule has 0 fully saturated rings. The van der Waals surface area contributed by atoms with Gasteiger partial charge < -0.3 is 15.5 Å². The van der Waals surface area contributed by atoms with E-state index in [0.29, 0.717) is 11.1 Å². The van der Waals surface area contributed by atoms with Crippen LogP contribution in [-0.4, -0.2) is 28.1 Å². The number of carbonyl (C=O) groups excluding carboxylic acids is 1. The van der Waals surface area contributed by atoms with Crippen molar-refractivity contribution in [1.29, 1.82) is 5.26 Å². The number of hydrogen-bond acceptors (Lipinski definition) is 4. The second-order valence-corrected chi connectivity index (χ2v) is 4.92. The van der Waals surface area contributed by atoms with Crippen LogP contribution in [0.3, 0.4) is 0 Å². The van der Waals surface area contributed by atoms with E-state index in [1.54, 1.807) is 12.1 Å². The Morgan fingerprint density at radius 2 is 1.70 bits per heavy atom. The first kappa shape index (κ1) is 16.0. The molecule has 0 aromatic heterocycles. The smallest absolute Gasteiger partial charge is 0.326 e.